The summed E-state index contributed by atoms with van der Waals surface area (Å²) in [4.78, 5) is 10.5. The zero-order chi connectivity index (χ0) is 10.7. The van der Waals surface area contributed by atoms with Gasteiger partial charge in [0.2, 0.25) is 0 Å². The smallest absolute Gasteiger partial charge is 0.337 e. The third-order valence-electron chi connectivity index (χ3n) is 1.68. The number of benzene rings is 1. The van der Waals surface area contributed by atoms with E-state index in [1.54, 1.807) is 6.07 Å². The molecule has 0 aromatic heterocycles. The van der Waals surface area contributed by atoms with Crippen LogP contribution in [0.4, 0.5) is 0 Å². The molecule has 2 N–H and O–H groups in total. The molecular formula is C9H9BrO4. The van der Waals surface area contributed by atoms with Gasteiger partial charge < -0.3 is 14.9 Å². The highest BCUT2D eigenvalue weighted by Gasteiger charge is 2.16. The van der Waals surface area contributed by atoms with E-state index in [2.05, 4.69) is 15.9 Å². The maximum Gasteiger partial charge on any atom is 0.337 e. The highest BCUT2D eigenvalue weighted by Crippen LogP contribution is 2.25. The minimum Gasteiger partial charge on any atom is -0.497 e. The van der Waals surface area contributed by atoms with Crippen LogP contribution in [0.2, 0.25) is 0 Å². The summed E-state index contributed by atoms with van der Waals surface area (Å²) in [5.74, 6) is -0.792. The molecule has 0 radical (unpaired) electrons. The summed E-state index contributed by atoms with van der Waals surface area (Å²) in [6.07, 6.45) is -1.53. The number of carboxylic acids is 1. The van der Waals surface area contributed by atoms with E-state index in [0.29, 0.717) is 10.2 Å². The molecule has 0 heterocycles. The third-order valence-corrected chi connectivity index (χ3v) is 2.14. The maximum absolute atomic E-state index is 10.5. The lowest BCUT2D eigenvalue weighted by Crippen LogP contribution is -2.10. The first-order valence-electron chi connectivity index (χ1n) is 3.80. The van der Waals surface area contributed by atoms with Gasteiger partial charge in [-0.3, -0.25) is 0 Å². The van der Waals surface area contributed by atoms with Crippen LogP contribution < -0.4 is 4.74 Å². The topological polar surface area (TPSA) is 66.8 Å². The van der Waals surface area contributed by atoms with Crippen molar-refractivity contribution in [3.05, 3.63) is 28.2 Å². The molecule has 1 aromatic rings. The summed E-state index contributed by atoms with van der Waals surface area (Å²) < 4.78 is 5.59. The zero-order valence-corrected chi connectivity index (χ0v) is 8.98. The monoisotopic (exact) mass is 260 g/mol. The number of ether oxygens (including phenoxy) is 1. The fraction of sp³-hybridized carbons (Fsp3) is 0.222. The predicted molar refractivity (Wildman–Crippen MR) is 53.3 cm³/mol. The van der Waals surface area contributed by atoms with E-state index >= 15 is 0 Å². The lowest BCUT2D eigenvalue weighted by Gasteiger charge is -2.08. The standard InChI is InChI=1S/C9H9BrO4/c1-14-7-3-5(2-6(10)4-7)8(11)9(12)13/h2-4,8,11H,1H3,(H,12,13)/t8-/m0/s1. The average molecular weight is 261 g/mol. The van der Waals surface area contributed by atoms with Crippen molar-refractivity contribution in [1.29, 1.82) is 0 Å². The normalized spacial score (nSPS) is 12.2. The van der Waals surface area contributed by atoms with Crippen molar-refractivity contribution >= 4 is 21.9 Å². The number of methoxy groups -OCH3 is 1. The van der Waals surface area contributed by atoms with Crippen molar-refractivity contribution in [3.63, 3.8) is 0 Å². The van der Waals surface area contributed by atoms with Crippen molar-refractivity contribution < 1.29 is 19.7 Å². The maximum atomic E-state index is 10.5. The summed E-state index contributed by atoms with van der Waals surface area (Å²) in [5.41, 5.74) is 0.281. The molecule has 1 rings (SSSR count). The molecule has 1 atom stereocenters. The Hall–Kier alpha value is -1.07. The Morgan fingerprint density at radius 1 is 1.50 bits per heavy atom. The molecule has 0 fully saturated rings. The number of hydrogen-bond donors (Lipinski definition) is 2. The Morgan fingerprint density at radius 2 is 2.14 bits per heavy atom. The van der Waals surface area contributed by atoms with Gasteiger partial charge in [-0.05, 0) is 23.8 Å². The third kappa shape index (κ3) is 2.46. The first-order chi connectivity index (χ1) is 6.54. The summed E-state index contributed by atoms with van der Waals surface area (Å²) in [6.45, 7) is 0. The van der Waals surface area contributed by atoms with Crippen molar-refractivity contribution in [1.82, 2.24) is 0 Å². The minimum absolute atomic E-state index is 0.281. The number of hydrogen-bond acceptors (Lipinski definition) is 3. The lowest BCUT2D eigenvalue weighted by molar-refractivity contribution is -0.146. The minimum atomic E-state index is -1.53. The van der Waals surface area contributed by atoms with E-state index in [9.17, 15) is 9.90 Å². The lowest BCUT2D eigenvalue weighted by atomic mass is 10.1. The van der Waals surface area contributed by atoms with Crippen LogP contribution >= 0.6 is 15.9 Å². The van der Waals surface area contributed by atoms with Crippen LogP contribution in [0.25, 0.3) is 0 Å². The first kappa shape index (κ1) is 11.0. The van der Waals surface area contributed by atoms with Crippen molar-refractivity contribution in [2.75, 3.05) is 7.11 Å². The Kier molecular flexibility index (Phi) is 3.49. The number of aliphatic hydroxyl groups excluding tert-OH is 1. The van der Waals surface area contributed by atoms with Gasteiger partial charge in [-0.15, -0.1) is 0 Å². The molecule has 14 heavy (non-hydrogen) atoms. The largest absolute Gasteiger partial charge is 0.497 e. The van der Waals surface area contributed by atoms with Crippen LogP contribution in [-0.2, 0) is 4.79 Å². The zero-order valence-electron chi connectivity index (χ0n) is 7.40. The number of aliphatic carboxylic acids is 1. The van der Waals surface area contributed by atoms with E-state index in [-0.39, 0.29) is 5.56 Å². The van der Waals surface area contributed by atoms with Gasteiger partial charge in [-0.1, -0.05) is 15.9 Å². The second kappa shape index (κ2) is 4.43. The number of carbonyl (C=O) groups is 1. The number of carboxylic acid groups (broad SMARTS) is 1. The van der Waals surface area contributed by atoms with Gasteiger partial charge in [-0.25, -0.2) is 4.79 Å². The van der Waals surface area contributed by atoms with E-state index in [4.69, 9.17) is 9.84 Å². The molecule has 0 bridgehead atoms. The van der Waals surface area contributed by atoms with Crippen LogP contribution in [0.15, 0.2) is 22.7 Å². The first-order valence-corrected chi connectivity index (χ1v) is 4.59. The van der Waals surface area contributed by atoms with Crippen LogP contribution in [0.5, 0.6) is 5.75 Å². The molecule has 0 aliphatic carbocycles. The number of rotatable bonds is 3. The summed E-state index contributed by atoms with van der Waals surface area (Å²) in [6, 6.07) is 4.68. The molecular weight excluding hydrogens is 252 g/mol. The van der Waals surface area contributed by atoms with Gasteiger partial charge in [0, 0.05) is 4.47 Å². The number of halogens is 1. The molecule has 0 amide bonds. The van der Waals surface area contributed by atoms with E-state index in [0.717, 1.165) is 0 Å². The highest BCUT2D eigenvalue weighted by molar-refractivity contribution is 9.10. The van der Waals surface area contributed by atoms with E-state index in [1.165, 1.54) is 19.2 Å². The Bertz CT molecular complexity index is 351. The SMILES string of the molecule is COc1cc(Br)cc([C@H](O)C(=O)O)c1. The summed E-state index contributed by atoms with van der Waals surface area (Å²) in [5, 5.41) is 17.9. The van der Waals surface area contributed by atoms with Gasteiger partial charge in [0.1, 0.15) is 5.75 Å². The Labute approximate surface area is 89.3 Å². The molecule has 1 aromatic carbocycles. The van der Waals surface area contributed by atoms with Gasteiger partial charge in [0.05, 0.1) is 7.11 Å². The molecule has 4 nitrogen and oxygen atoms in total. The molecule has 0 saturated carbocycles. The highest BCUT2D eigenvalue weighted by atomic mass is 79.9. The van der Waals surface area contributed by atoms with Gasteiger partial charge in [0.15, 0.2) is 6.10 Å². The van der Waals surface area contributed by atoms with Gasteiger partial charge in [-0.2, -0.15) is 0 Å². The fourth-order valence-electron chi connectivity index (χ4n) is 1.00. The summed E-state index contributed by atoms with van der Waals surface area (Å²) in [7, 11) is 1.47. The Balaban J connectivity index is 3.08. The average Bonchev–Trinajstić information content (AvgIpc) is 2.15. The molecule has 0 unspecified atom stereocenters. The second-order valence-corrected chi connectivity index (χ2v) is 3.58. The fourth-order valence-corrected chi connectivity index (χ4v) is 1.49. The van der Waals surface area contributed by atoms with Crippen molar-refractivity contribution in [3.8, 4) is 5.75 Å². The molecule has 0 saturated heterocycles. The Morgan fingerprint density at radius 3 is 2.64 bits per heavy atom. The van der Waals surface area contributed by atoms with E-state index < -0.39 is 12.1 Å². The second-order valence-electron chi connectivity index (χ2n) is 2.67. The van der Waals surface area contributed by atoms with Crippen LogP contribution in [0, 0.1) is 0 Å². The predicted octanol–water partition coefficient (Wildman–Crippen LogP) is 1.58. The van der Waals surface area contributed by atoms with Gasteiger partial charge in [0.25, 0.3) is 0 Å². The van der Waals surface area contributed by atoms with Gasteiger partial charge >= 0.3 is 5.97 Å². The van der Waals surface area contributed by atoms with Crippen LogP contribution in [-0.4, -0.2) is 23.3 Å². The van der Waals surface area contributed by atoms with Crippen molar-refractivity contribution in [2.45, 2.75) is 6.10 Å². The van der Waals surface area contributed by atoms with Crippen LogP contribution in [0.3, 0.4) is 0 Å². The summed E-state index contributed by atoms with van der Waals surface area (Å²) >= 11 is 3.19. The molecule has 0 spiro atoms. The quantitative estimate of drug-likeness (QED) is 0.866. The molecule has 76 valence electrons. The molecule has 0 aliphatic heterocycles. The number of aliphatic hydroxyl groups is 1. The molecule has 5 heteroatoms. The van der Waals surface area contributed by atoms with Crippen LogP contribution in [0.1, 0.15) is 11.7 Å². The van der Waals surface area contributed by atoms with E-state index in [1.807, 2.05) is 0 Å². The molecule has 0 aliphatic rings. The van der Waals surface area contributed by atoms with Crippen molar-refractivity contribution in [2.24, 2.45) is 0 Å².